The van der Waals surface area contributed by atoms with Crippen LogP contribution in [0.5, 0.6) is 0 Å². The molecule has 30 heavy (non-hydrogen) atoms. The van der Waals surface area contributed by atoms with Crippen molar-refractivity contribution in [3.63, 3.8) is 0 Å². The van der Waals surface area contributed by atoms with E-state index in [1.165, 1.54) is 18.2 Å². The molecular weight excluding hydrogens is 411 g/mol. The van der Waals surface area contributed by atoms with Gasteiger partial charge in [0.25, 0.3) is 5.91 Å². The van der Waals surface area contributed by atoms with E-state index in [1.54, 1.807) is 30.6 Å². The molecule has 0 bridgehead atoms. The zero-order valence-electron chi connectivity index (χ0n) is 15.1. The third kappa shape index (κ3) is 4.55. The van der Waals surface area contributed by atoms with Crippen molar-refractivity contribution in [2.45, 2.75) is 0 Å². The second-order valence-electron chi connectivity index (χ2n) is 6.43. The van der Waals surface area contributed by atoms with Gasteiger partial charge in [-0.2, -0.15) is 0 Å². The van der Waals surface area contributed by atoms with Gasteiger partial charge in [-0.05, 0) is 52.9 Å². The number of hydrogen-bond acceptors (Lipinski definition) is 3. The van der Waals surface area contributed by atoms with E-state index >= 15 is 0 Å². The van der Waals surface area contributed by atoms with Crippen LogP contribution in [0.4, 0.5) is 5.69 Å². The van der Waals surface area contributed by atoms with Crippen LogP contribution in [0.15, 0.2) is 79.1 Å². The van der Waals surface area contributed by atoms with E-state index in [1.807, 2.05) is 30.3 Å². The molecule has 0 aliphatic rings. The molecule has 0 saturated heterocycles. The predicted molar refractivity (Wildman–Crippen MR) is 121 cm³/mol. The van der Waals surface area contributed by atoms with E-state index < -0.39 is 11.9 Å². The first kappa shape index (κ1) is 22.0. The fourth-order valence-electron chi connectivity index (χ4n) is 3.20. The maximum absolute atomic E-state index is 12.8. The summed E-state index contributed by atoms with van der Waals surface area (Å²) in [4.78, 5) is 28.4. The first-order valence-corrected chi connectivity index (χ1v) is 9.18. The van der Waals surface area contributed by atoms with Gasteiger partial charge in [-0.1, -0.05) is 41.9 Å². The summed E-state index contributed by atoms with van der Waals surface area (Å²) in [5.74, 6) is -1.57. The fourth-order valence-corrected chi connectivity index (χ4v) is 3.37. The average molecular weight is 427 g/mol. The summed E-state index contributed by atoms with van der Waals surface area (Å²) in [5.41, 5.74) is 2.40. The van der Waals surface area contributed by atoms with Gasteiger partial charge in [0.05, 0.1) is 11.3 Å². The van der Waals surface area contributed by atoms with E-state index in [2.05, 4.69) is 10.3 Å². The number of rotatable bonds is 4. The molecule has 5 nitrogen and oxygen atoms in total. The molecule has 0 aliphatic heterocycles. The number of halogens is 1. The van der Waals surface area contributed by atoms with Crippen LogP contribution in [0.25, 0.3) is 21.9 Å². The van der Waals surface area contributed by atoms with Gasteiger partial charge in [-0.3, -0.25) is 9.78 Å². The normalized spacial score (nSPS) is 10.3. The number of nitrogens with one attached hydrogen (secondary N) is 1. The quantitative estimate of drug-likeness (QED) is 0.457. The van der Waals surface area contributed by atoms with Crippen LogP contribution in [-0.2, 0) is 0 Å². The Morgan fingerprint density at radius 1 is 0.967 bits per heavy atom. The number of carbonyl (C=O) groups is 2. The Morgan fingerprint density at radius 2 is 1.77 bits per heavy atom. The summed E-state index contributed by atoms with van der Waals surface area (Å²) < 4.78 is 0. The molecule has 4 aromatic rings. The molecule has 0 radical (unpaired) electrons. The average Bonchev–Trinajstić information content (AvgIpc) is 2.74. The Labute approximate surface area is 200 Å². The number of carboxylic acids is 1. The fraction of sp³-hybridized carbons (Fsp3) is 0. The van der Waals surface area contributed by atoms with Gasteiger partial charge in [0.15, 0.2) is 0 Å². The number of pyridine rings is 1. The first-order chi connectivity index (χ1) is 14.0. The number of carbonyl (C=O) groups excluding carboxylic acids is 1. The van der Waals surface area contributed by atoms with Crippen LogP contribution in [0.1, 0.15) is 20.7 Å². The molecule has 0 aliphatic carbocycles. The molecule has 0 spiro atoms. The van der Waals surface area contributed by atoms with Crippen LogP contribution in [0.2, 0.25) is 5.02 Å². The van der Waals surface area contributed by atoms with Crippen molar-refractivity contribution in [3.8, 4) is 11.1 Å². The van der Waals surface area contributed by atoms with Gasteiger partial charge in [0, 0.05) is 28.4 Å². The number of fused-ring (bicyclic) bond motifs is 1. The van der Waals surface area contributed by atoms with E-state index in [9.17, 15) is 14.7 Å². The van der Waals surface area contributed by atoms with Gasteiger partial charge in [-0.15, -0.1) is 0 Å². The summed E-state index contributed by atoms with van der Waals surface area (Å²) in [5, 5.41) is 14.3. The third-order valence-corrected chi connectivity index (χ3v) is 4.81. The summed E-state index contributed by atoms with van der Waals surface area (Å²) in [7, 11) is 0. The molecule has 1 amide bonds. The molecule has 3 aromatic carbocycles. The molecular formula is C23H16ClN2NaO3. The van der Waals surface area contributed by atoms with Crippen LogP contribution < -0.4 is 5.32 Å². The Morgan fingerprint density at radius 3 is 2.57 bits per heavy atom. The van der Waals surface area contributed by atoms with Gasteiger partial charge >= 0.3 is 35.5 Å². The molecule has 144 valence electrons. The van der Waals surface area contributed by atoms with Crippen molar-refractivity contribution in [1.82, 2.24) is 4.98 Å². The van der Waals surface area contributed by atoms with Gasteiger partial charge in [-0.25, -0.2) is 4.79 Å². The van der Waals surface area contributed by atoms with Crippen molar-refractivity contribution < 1.29 is 14.7 Å². The Balaban J connectivity index is 0.00000256. The van der Waals surface area contributed by atoms with E-state index in [-0.39, 0.29) is 45.8 Å². The number of amides is 1. The second-order valence-corrected chi connectivity index (χ2v) is 6.87. The van der Waals surface area contributed by atoms with Crippen molar-refractivity contribution in [2.24, 2.45) is 0 Å². The molecule has 1 aromatic heterocycles. The minimum atomic E-state index is -1.17. The summed E-state index contributed by atoms with van der Waals surface area (Å²) in [6.07, 6.45) is 3.53. The summed E-state index contributed by atoms with van der Waals surface area (Å²) in [6, 6.07) is 19.3. The van der Waals surface area contributed by atoms with E-state index in [0.29, 0.717) is 5.56 Å². The number of aromatic carboxylic acids is 1. The van der Waals surface area contributed by atoms with E-state index in [4.69, 9.17) is 11.6 Å². The molecule has 0 fully saturated rings. The molecule has 2 N–H and O–H groups in total. The van der Waals surface area contributed by atoms with Crippen LogP contribution in [0.3, 0.4) is 0 Å². The van der Waals surface area contributed by atoms with Crippen molar-refractivity contribution in [2.75, 3.05) is 5.32 Å². The van der Waals surface area contributed by atoms with Crippen LogP contribution in [0, 0.1) is 0 Å². The number of aromatic nitrogens is 1. The monoisotopic (exact) mass is 426 g/mol. The van der Waals surface area contributed by atoms with Crippen molar-refractivity contribution >= 4 is 69.5 Å². The molecule has 7 heteroatoms. The summed E-state index contributed by atoms with van der Waals surface area (Å²) >= 11 is 5.87. The van der Waals surface area contributed by atoms with Crippen molar-refractivity contribution in [3.05, 3.63) is 95.3 Å². The van der Waals surface area contributed by atoms with Gasteiger partial charge in [0.2, 0.25) is 0 Å². The predicted octanol–water partition coefficient (Wildman–Crippen LogP) is 4.86. The molecule has 0 atom stereocenters. The Hall–Kier alpha value is -2.70. The Bertz CT molecular complexity index is 1250. The number of benzene rings is 3. The van der Waals surface area contributed by atoms with Crippen LogP contribution >= 0.6 is 11.6 Å². The van der Waals surface area contributed by atoms with E-state index in [0.717, 1.165) is 21.9 Å². The molecule has 0 saturated carbocycles. The Kier molecular flexibility index (Phi) is 6.90. The van der Waals surface area contributed by atoms with Gasteiger partial charge in [0.1, 0.15) is 0 Å². The molecule has 0 unspecified atom stereocenters. The molecule has 4 rings (SSSR count). The number of carboxylic acid groups (broad SMARTS) is 1. The van der Waals surface area contributed by atoms with Gasteiger partial charge < -0.3 is 10.4 Å². The minimum absolute atomic E-state index is 0. The maximum atomic E-state index is 12.8. The zero-order valence-corrected chi connectivity index (χ0v) is 15.9. The summed E-state index contributed by atoms with van der Waals surface area (Å²) in [6.45, 7) is 0. The number of anilines is 1. The molecule has 1 heterocycles. The second kappa shape index (κ2) is 9.41. The first-order valence-electron chi connectivity index (χ1n) is 8.80. The third-order valence-electron chi connectivity index (χ3n) is 4.58. The zero-order chi connectivity index (χ0) is 20.4. The van der Waals surface area contributed by atoms with Crippen molar-refractivity contribution in [1.29, 1.82) is 0 Å². The topological polar surface area (TPSA) is 79.3 Å². The number of hydrogen-bond donors (Lipinski definition) is 2. The number of nitrogens with zero attached hydrogens (tertiary/aromatic N) is 1. The SMILES string of the molecule is O=C(Nc1ccc(Cl)cc1C(=O)O)c1cccc(-c2cccc3cnccc23)c1.[NaH]. The van der Waals surface area contributed by atoms with Crippen LogP contribution in [-0.4, -0.2) is 51.5 Å². The standard InChI is InChI=1S/C23H15ClN2O3.Na.H/c24-17-7-8-21(20(12-17)23(28)29)26-22(27)15-4-1-3-14(11-15)18-6-2-5-16-13-25-10-9-19(16)18;;/h1-13H,(H,26,27)(H,28,29);;.